The number of carbonyl (C=O) groups is 1. The minimum absolute atomic E-state index is 0.00690. The fourth-order valence-electron chi connectivity index (χ4n) is 2.23. The predicted molar refractivity (Wildman–Crippen MR) is 63.2 cm³/mol. The molecule has 3 rings (SSSR count). The van der Waals surface area contributed by atoms with Crippen molar-refractivity contribution in [1.82, 2.24) is 4.90 Å². The second kappa shape index (κ2) is 3.67. The summed E-state index contributed by atoms with van der Waals surface area (Å²) in [6.07, 6.45) is 5.89. The quantitative estimate of drug-likeness (QED) is 0.675. The fourth-order valence-corrected chi connectivity index (χ4v) is 2.23. The van der Waals surface area contributed by atoms with E-state index >= 15 is 0 Å². The van der Waals surface area contributed by atoms with Crippen LogP contribution in [-0.4, -0.2) is 23.9 Å². The van der Waals surface area contributed by atoms with E-state index in [9.17, 15) is 4.79 Å². The van der Waals surface area contributed by atoms with Crippen molar-refractivity contribution < 1.29 is 9.53 Å². The first kappa shape index (κ1) is 9.98. The maximum atomic E-state index is 12.0. The molecule has 3 heteroatoms. The molecule has 0 radical (unpaired) electrons. The van der Waals surface area contributed by atoms with Crippen molar-refractivity contribution in [2.75, 3.05) is 13.1 Å². The molecule has 0 fully saturated rings. The van der Waals surface area contributed by atoms with E-state index < -0.39 is 0 Å². The van der Waals surface area contributed by atoms with Crippen LogP contribution in [0.5, 0.6) is 5.75 Å². The van der Waals surface area contributed by atoms with Gasteiger partial charge in [-0.25, -0.2) is 0 Å². The molecule has 0 atom stereocenters. The Bertz CT molecular complexity index is 566. The second-order valence-corrected chi connectivity index (χ2v) is 4.15. The van der Waals surface area contributed by atoms with Gasteiger partial charge < -0.3 is 9.64 Å². The van der Waals surface area contributed by atoms with Crippen molar-refractivity contribution in [3.8, 4) is 18.1 Å². The highest BCUT2D eigenvalue weighted by Gasteiger charge is 2.34. The summed E-state index contributed by atoms with van der Waals surface area (Å²) in [6, 6.07) is 7.79. The minimum Gasteiger partial charge on any atom is -0.459 e. The van der Waals surface area contributed by atoms with Crippen molar-refractivity contribution in [1.29, 1.82) is 0 Å². The van der Waals surface area contributed by atoms with Gasteiger partial charge in [-0.2, -0.15) is 0 Å². The molecule has 0 N–H and O–H groups in total. The number of fused-ring (bicyclic) bond motifs is 1. The third kappa shape index (κ3) is 1.50. The van der Waals surface area contributed by atoms with Gasteiger partial charge in [0.2, 0.25) is 0 Å². The molecular weight excluding hydrogens is 214 g/mol. The predicted octanol–water partition coefficient (Wildman–Crippen LogP) is 1.35. The van der Waals surface area contributed by atoms with Gasteiger partial charge in [0.05, 0.1) is 18.7 Å². The average molecular weight is 225 g/mol. The molecule has 2 aliphatic rings. The van der Waals surface area contributed by atoms with Crippen LogP contribution in [0.4, 0.5) is 0 Å². The summed E-state index contributed by atoms with van der Waals surface area (Å²) < 4.78 is 5.75. The Hall–Kier alpha value is -2.21. The molecule has 1 aromatic rings. The van der Waals surface area contributed by atoms with Crippen LogP contribution in [-0.2, 0) is 11.2 Å². The first-order valence-corrected chi connectivity index (χ1v) is 5.50. The van der Waals surface area contributed by atoms with E-state index in [1.807, 2.05) is 24.3 Å². The summed E-state index contributed by atoms with van der Waals surface area (Å²) in [5, 5.41) is 0. The molecule has 3 nitrogen and oxygen atoms in total. The Kier molecular flexibility index (Phi) is 2.15. The third-order valence-corrected chi connectivity index (χ3v) is 3.07. The topological polar surface area (TPSA) is 29.5 Å². The van der Waals surface area contributed by atoms with Crippen LogP contribution < -0.4 is 4.74 Å². The normalized spacial score (nSPS) is 17.4. The molecule has 2 aliphatic heterocycles. The fraction of sp³-hybridized carbons (Fsp3) is 0.214. The zero-order chi connectivity index (χ0) is 11.8. The Morgan fingerprint density at radius 2 is 2.24 bits per heavy atom. The number of hydrogen-bond acceptors (Lipinski definition) is 2. The number of amides is 1. The van der Waals surface area contributed by atoms with Crippen LogP contribution >= 0.6 is 0 Å². The molecule has 84 valence electrons. The number of benzene rings is 1. The van der Waals surface area contributed by atoms with E-state index in [1.165, 1.54) is 0 Å². The summed E-state index contributed by atoms with van der Waals surface area (Å²) in [7, 11) is 0. The standard InChI is InChI=1S/C14H11NO2/c1-2-7-15-9-13-11(14(15)16)8-10-5-3-4-6-12(10)17-13/h1,3-6H,7-9H2. The lowest BCUT2D eigenvalue weighted by Gasteiger charge is -2.17. The number of para-hydroxylation sites is 1. The Balaban J connectivity index is 1.92. The largest absolute Gasteiger partial charge is 0.459 e. The molecule has 1 aromatic carbocycles. The van der Waals surface area contributed by atoms with Crippen molar-refractivity contribution >= 4 is 5.91 Å². The van der Waals surface area contributed by atoms with Gasteiger partial charge >= 0.3 is 0 Å². The lowest BCUT2D eigenvalue weighted by molar-refractivity contribution is -0.125. The second-order valence-electron chi connectivity index (χ2n) is 4.15. The number of hydrogen-bond donors (Lipinski definition) is 0. The van der Waals surface area contributed by atoms with E-state index in [4.69, 9.17) is 11.2 Å². The van der Waals surface area contributed by atoms with E-state index in [1.54, 1.807) is 4.90 Å². The van der Waals surface area contributed by atoms with Gasteiger partial charge in [-0.1, -0.05) is 24.1 Å². The van der Waals surface area contributed by atoms with E-state index in [0.29, 0.717) is 19.5 Å². The van der Waals surface area contributed by atoms with Crippen LogP contribution in [0.15, 0.2) is 35.6 Å². The molecule has 0 aliphatic carbocycles. The first-order chi connectivity index (χ1) is 8.29. The number of terminal acetylenes is 1. The summed E-state index contributed by atoms with van der Waals surface area (Å²) in [5.41, 5.74) is 1.81. The molecular formula is C14H11NO2. The van der Waals surface area contributed by atoms with Crippen molar-refractivity contribution in [2.24, 2.45) is 0 Å². The van der Waals surface area contributed by atoms with Crippen LogP contribution in [0.25, 0.3) is 0 Å². The van der Waals surface area contributed by atoms with Crippen LogP contribution in [0.2, 0.25) is 0 Å². The molecule has 0 saturated carbocycles. The zero-order valence-corrected chi connectivity index (χ0v) is 9.27. The van der Waals surface area contributed by atoms with Crippen LogP contribution in [0.1, 0.15) is 5.56 Å². The van der Waals surface area contributed by atoms with Gasteiger partial charge in [-0.15, -0.1) is 6.42 Å². The number of ether oxygens (including phenoxy) is 1. The van der Waals surface area contributed by atoms with Gasteiger partial charge in [0.25, 0.3) is 5.91 Å². The van der Waals surface area contributed by atoms with Gasteiger partial charge in [0.1, 0.15) is 11.5 Å². The Morgan fingerprint density at radius 3 is 3.06 bits per heavy atom. The third-order valence-electron chi connectivity index (χ3n) is 3.07. The number of rotatable bonds is 1. The summed E-state index contributed by atoms with van der Waals surface area (Å²) in [6.45, 7) is 0.832. The van der Waals surface area contributed by atoms with Crippen molar-refractivity contribution in [3.63, 3.8) is 0 Å². The Labute approximate surface area is 99.7 Å². The number of nitrogens with zero attached hydrogens (tertiary/aromatic N) is 1. The highest BCUT2D eigenvalue weighted by molar-refractivity contribution is 5.97. The molecule has 17 heavy (non-hydrogen) atoms. The summed E-state index contributed by atoms with van der Waals surface area (Å²) in [4.78, 5) is 13.7. The number of carbonyl (C=O) groups excluding carboxylic acids is 1. The van der Waals surface area contributed by atoms with Gasteiger partial charge in [0, 0.05) is 6.42 Å². The van der Waals surface area contributed by atoms with Crippen molar-refractivity contribution in [2.45, 2.75) is 6.42 Å². The monoisotopic (exact) mass is 225 g/mol. The van der Waals surface area contributed by atoms with E-state index in [0.717, 1.165) is 22.6 Å². The summed E-state index contributed by atoms with van der Waals surface area (Å²) >= 11 is 0. The van der Waals surface area contributed by atoms with Gasteiger partial charge in [-0.3, -0.25) is 4.79 Å². The highest BCUT2D eigenvalue weighted by atomic mass is 16.5. The highest BCUT2D eigenvalue weighted by Crippen LogP contribution is 2.33. The molecule has 0 aromatic heterocycles. The van der Waals surface area contributed by atoms with Gasteiger partial charge in [0.15, 0.2) is 0 Å². The smallest absolute Gasteiger partial charge is 0.254 e. The lowest BCUT2D eigenvalue weighted by Crippen LogP contribution is -2.27. The van der Waals surface area contributed by atoms with Crippen LogP contribution in [0.3, 0.4) is 0 Å². The summed E-state index contributed by atoms with van der Waals surface area (Å²) in [5.74, 6) is 4.10. The molecule has 0 bridgehead atoms. The van der Waals surface area contributed by atoms with Crippen molar-refractivity contribution in [3.05, 3.63) is 41.2 Å². The molecule has 1 amide bonds. The zero-order valence-electron chi connectivity index (χ0n) is 9.27. The van der Waals surface area contributed by atoms with E-state index in [-0.39, 0.29) is 5.91 Å². The molecule has 0 spiro atoms. The Morgan fingerprint density at radius 1 is 1.41 bits per heavy atom. The van der Waals surface area contributed by atoms with Crippen LogP contribution in [0, 0.1) is 12.3 Å². The average Bonchev–Trinajstić information content (AvgIpc) is 2.64. The lowest BCUT2D eigenvalue weighted by atomic mass is 10.0. The maximum Gasteiger partial charge on any atom is 0.254 e. The van der Waals surface area contributed by atoms with E-state index in [2.05, 4.69) is 5.92 Å². The molecule has 2 heterocycles. The molecule has 0 unspecified atom stereocenters. The first-order valence-electron chi connectivity index (χ1n) is 5.50. The SMILES string of the molecule is C#CCN1CC2=C(Cc3ccccc3O2)C1=O. The molecule has 0 saturated heterocycles. The maximum absolute atomic E-state index is 12.0. The van der Waals surface area contributed by atoms with Gasteiger partial charge in [-0.05, 0) is 11.6 Å². The minimum atomic E-state index is 0.00690.